The van der Waals surface area contributed by atoms with Crippen LogP contribution in [-0.4, -0.2) is 62.3 Å². The van der Waals surface area contributed by atoms with E-state index in [9.17, 15) is 0 Å². The van der Waals surface area contributed by atoms with Crippen molar-refractivity contribution in [3.05, 3.63) is 0 Å². The average molecular weight is 228 g/mol. The zero-order valence-electron chi connectivity index (χ0n) is 11.2. The van der Waals surface area contributed by atoms with Gasteiger partial charge in [0.1, 0.15) is 0 Å². The van der Waals surface area contributed by atoms with E-state index in [4.69, 9.17) is 4.74 Å². The van der Waals surface area contributed by atoms with Crippen LogP contribution in [-0.2, 0) is 4.74 Å². The molecular weight excluding hydrogens is 200 g/mol. The summed E-state index contributed by atoms with van der Waals surface area (Å²) >= 11 is 0. The molecule has 1 saturated heterocycles. The number of ether oxygens (including phenoxy) is 1. The molecule has 0 unspecified atom stereocenters. The van der Waals surface area contributed by atoms with Gasteiger partial charge in [0, 0.05) is 39.3 Å². The summed E-state index contributed by atoms with van der Waals surface area (Å²) in [4.78, 5) is 5.11. The maximum atomic E-state index is 5.39. The SMILES string of the molecule is CCOCCN1CCN(CCC(C)C)CC1. The Morgan fingerprint density at radius 1 is 1.00 bits per heavy atom. The van der Waals surface area contributed by atoms with Crippen LogP contribution in [0.2, 0.25) is 0 Å². The van der Waals surface area contributed by atoms with Crippen LogP contribution in [0.4, 0.5) is 0 Å². The summed E-state index contributed by atoms with van der Waals surface area (Å²) < 4.78 is 5.39. The standard InChI is InChI=1S/C13H28N2O/c1-4-16-12-11-15-9-7-14(8-10-15)6-5-13(2)3/h13H,4-12H2,1-3H3. The summed E-state index contributed by atoms with van der Waals surface area (Å²) in [5, 5.41) is 0. The summed E-state index contributed by atoms with van der Waals surface area (Å²) in [5.74, 6) is 0.830. The largest absolute Gasteiger partial charge is 0.380 e. The molecule has 0 amide bonds. The first-order chi connectivity index (χ1) is 7.72. The van der Waals surface area contributed by atoms with Crippen LogP contribution < -0.4 is 0 Å². The Labute approximate surface area is 101 Å². The fourth-order valence-corrected chi connectivity index (χ4v) is 2.02. The average Bonchev–Trinajstić information content (AvgIpc) is 2.28. The number of rotatable bonds is 7. The topological polar surface area (TPSA) is 15.7 Å². The summed E-state index contributed by atoms with van der Waals surface area (Å²) in [6.07, 6.45) is 1.33. The van der Waals surface area contributed by atoms with Gasteiger partial charge in [0.25, 0.3) is 0 Å². The lowest BCUT2D eigenvalue weighted by Crippen LogP contribution is -2.47. The van der Waals surface area contributed by atoms with Gasteiger partial charge >= 0.3 is 0 Å². The number of hydrogen-bond donors (Lipinski definition) is 0. The molecule has 96 valence electrons. The Balaban J connectivity index is 2.04. The minimum absolute atomic E-state index is 0.830. The van der Waals surface area contributed by atoms with Gasteiger partial charge in [-0.05, 0) is 25.8 Å². The number of hydrogen-bond acceptors (Lipinski definition) is 3. The molecule has 0 N–H and O–H groups in total. The van der Waals surface area contributed by atoms with Crippen LogP contribution in [0, 0.1) is 5.92 Å². The summed E-state index contributed by atoms with van der Waals surface area (Å²) in [6, 6.07) is 0. The van der Waals surface area contributed by atoms with Crippen LogP contribution in [0.5, 0.6) is 0 Å². The molecule has 0 aromatic heterocycles. The fourth-order valence-electron chi connectivity index (χ4n) is 2.02. The molecule has 0 spiro atoms. The zero-order valence-corrected chi connectivity index (χ0v) is 11.2. The second-order valence-electron chi connectivity index (χ2n) is 5.06. The van der Waals surface area contributed by atoms with Crippen LogP contribution in [0.3, 0.4) is 0 Å². The van der Waals surface area contributed by atoms with Crippen molar-refractivity contribution in [2.75, 3.05) is 52.5 Å². The van der Waals surface area contributed by atoms with Crippen LogP contribution >= 0.6 is 0 Å². The van der Waals surface area contributed by atoms with Gasteiger partial charge in [-0.3, -0.25) is 4.90 Å². The van der Waals surface area contributed by atoms with Crippen molar-refractivity contribution in [1.82, 2.24) is 9.80 Å². The van der Waals surface area contributed by atoms with Gasteiger partial charge in [0.05, 0.1) is 6.61 Å². The first-order valence-electron chi connectivity index (χ1n) is 6.74. The third kappa shape index (κ3) is 5.83. The summed E-state index contributed by atoms with van der Waals surface area (Å²) in [6.45, 7) is 15.7. The van der Waals surface area contributed by atoms with E-state index in [2.05, 4.69) is 30.6 Å². The highest BCUT2D eigenvalue weighted by molar-refractivity contribution is 4.71. The lowest BCUT2D eigenvalue weighted by atomic mass is 10.1. The van der Waals surface area contributed by atoms with E-state index in [1.165, 1.54) is 39.1 Å². The van der Waals surface area contributed by atoms with Gasteiger partial charge in [-0.15, -0.1) is 0 Å². The summed E-state index contributed by atoms with van der Waals surface area (Å²) in [5.41, 5.74) is 0. The van der Waals surface area contributed by atoms with Crippen molar-refractivity contribution in [2.24, 2.45) is 5.92 Å². The van der Waals surface area contributed by atoms with Crippen LogP contribution in [0.15, 0.2) is 0 Å². The minimum atomic E-state index is 0.830. The maximum absolute atomic E-state index is 5.39. The number of nitrogens with zero attached hydrogens (tertiary/aromatic N) is 2. The Morgan fingerprint density at radius 2 is 1.56 bits per heavy atom. The smallest absolute Gasteiger partial charge is 0.0593 e. The molecule has 1 rings (SSSR count). The van der Waals surface area contributed by atoms with Gasteiger partial charge in [0.2, 0.25) is 0 Å². The minimum Gasteiger partial charge on any atom is -0.380 e. The Kier molecular flexibility index (Phi) is 7.01. The van der Waals surface area contributed by atoms with E-state index < -0.39 is 0 Å². The van der Waals surface area contributed by atoms with Crippen molar-refractivity contribution in [3.63, 3.8) is 0 Å². The Morgan fingerprint density at radius 3 is 2.06 bits per heavy atom. The molecule has 1 fully saturated rings. The van der Waals surface area contributed by atoms with Gasteiger partial charge in [-0.25, -0.2) is 0 Å². The van der Waals surface area contributed by atoms with Crippen molar-refractivity contribution in [2.45, 2.75) is 27.2 Å². The second-order valence-corrected chi connectivity index (χ2v) is 5.06. The van der Waals surface area contributed by atoms with E-state index in [0.29, 0.717) is 0 Å². The van der Waals surface area contributed by atoms with E-state index in [-0.39, 0.29) is 0 Å². The maximum Gasteiger partial charge on any atom is 0.0593 e. The predicted molar refractivity (Wildman–Crippen MR) is 68.8 cm³/mol. The molecule has 1 heterocycles. The van der Waals surface area contributed by atoms with Crippen molar-refractivity contribution in [3.8, 4) is 0 Å². The highest BCUT2D eigenvalue weighted by atomic mass is 16.5. The molecule has 0 bridgehead atoms. The van der Waals surface area contributed by atoms with Crippen molar-refractivity contribution >= 4 is 0 Å². The second kappa shape index (κ2) is 8.04. The third-order valence-electron chi connectivity index (χ3n) is 3.24. The zero-order chi connectivity index (χ0) is 11.8. The van der Waals surface area contributed by atoms with Gasteiger partial charge in [-0.1, -0.05) is 13.8 Å². The molecule has 16 heavy (non-hydrogen) atoms. The lowest BCUT2D eigenvalue weighted by molar-refractivity contribution is 0.0795. The molecule has 0 aromatic rings. The molecule has 0 radical (unpaired) electrons. The van der Waals surface area contributed by atoms with E-state index in [0.717, 1.165) is 25.7 Å². The quantitative estimate of drug-likeness (QED) is 0.617. The molecular formula is C13H28N2O. The Bertz CT molecular complexity index is 165. The number of piperazine rings is 1. The molecule has 1 aliphatic rings. The normalized spacial score (nSPS) is 19.5. The van der Waals surface area contributed by atoms with Gasteiger partial charge in [-0.2, -0.15) is 0 Å². The van der Waals surface area contributed by atoms with Crippen molar-refractivity contribution < 1.29 is 4.74 Å². The molecule has 0 aliphatic carbocycles. The molecule has 0 aromatic carbocycles. The molecule has 3 nitrogen and oxygen atoms in total. The molecule has 0 saturated carbocycles. The fraction of sp³-hybridized carbons (Fsp3) is 1.00. The third-order valence-corrected chi connectivity index (χ3v) is 3.24. The predicted octanol–water partition coefficient (Wildman–Crippen LogP) is 1.69. The first-order valence-corrected chi connectivity index (χ1v) is 6.74. The highest BCUT2D eigenvalue weighted by Gasteiger charge is 2.16. The highest BCUT2D eigenvalue weighted by Crippen LogP contribution is 2.06. The van der Waals surface area contributed by atoms with E-state index in [1.807, 2.05) is 0 Å². The lowest BCUT2D eigenvalue weighted by Gasteiger charge is -2.34. The Hall–Kier alpha value is -0.120. The van der Waals surface area contributed by atoms with Gasteiger partial charge < -0.3 is 9.64 Å². The molecule has 3 heteroatoms. The van der Waals surface area contributed by atoms with E-state index >= 15 is 0 Å². The van der Waals surface area contributed by atoms with Gasteiger partial charge in [0.15, 0.2) is 0 Å². The van der Waals surface area contributed by atoms with E-state index in [1.54, 1.807) is 0 Å². The first kappa shape index (κ1) is 13.9. The van der Waals surface area contributed by atoms with Crippen LogP contribution in [0.25, 0.3) is 0 Å². The molecule has 0 atom stereocenters. The monoisotopic (exact) mass is 228 g/mol. The summed E-state index contributed by atoms with van der Waals surface area (Å²) in [7, 11) is 0. The molecule has 1 aliphatic heterocycles. The van der Waals surface area contributed by atoms with Crippen LogP contribution in [0.1, 0.15) is 27.2 Å². The van der Waals surface area contributed by atoms with Crippen molar-refractivity contribution in [1.29, 1.82) is 0 Å².